The third-order valence-corrected chi connectivity index (χ3v) is 10.2. The molecule has 47 heavy (non-hydrogen) atoms. The van der Waals surface area contributed by atoms with Gasteiger partial charge in [-0.15, -0.1) is 0 Å². The second kappa shape index (κ2) is 14.5. The van der Waals surface area contributed by atoms with Crippen molar-refractivity contribution in [2.75, 3.05) is 31.1 Å². The van der Waals surface area contributed by atoms with Crippen molar-refractivity contribution in [3.63, 3.8) is 0 Å². The molecular weight excluding hydrogens is 584 g/mol. The van der Waals surface area contributed by atoms with E-state index >= 15 is 0 Å². The summed E-state index contributed by atoms with van der Waals surface area (Å²) in [4.78, 5) is 42.3. The molecule has 2 fully saturated rings. The highest BCUT2D eigenvalue weighted by Crippen LogP contribution is 2.34. The Bertz CT molecular complexity index is 1640. The summed E-state index contributed by atoms with van der Waals surface area (Å²) in [5.41, 5.74) is 6.29. The fourth-order valence-corrected chi connectivity index (χ4v) is 7.20. The molecule has 8 heteroatoms. The van der Waals surface area contributed by atoms with Crippen LogP contribution in [0.25, 0.3) is 0 Å². The van der Waals surface area contributed by atoms with Crippen LogP contribution in [0.4, 0.5) is 5.69 Å². The molecule has 0 atom stereocenters. The number of nitrogens with one attached hydrogen (secondary N) is 1. The van der Waals surface area contributed by atoms with Crippen molar-refractivity contribution in [2.24, 2.45) is 0 Å². The van der Waals surface area contributed by atoms with Gasteiger partial charge in [0.2, 0.25) is 0 Å². The second-order valence-electron chi connectivity index (χ2n) is 13.3. The molecule has 2 saturated heterocycles. The van der Waals surface area contributed by atoms with Gasteiger partial charge >= 0.3 is 0 Å². The number of benzene rings is 3. The molecule has 4 aromatic rings. The first kappa shape index (κ1) is 32.4. The first-order valence-electron chi connectivity index (χ1n) is 16.9. The van der Waals surface area contributed by atoms with Crippen LogP contribution in [-0.2, 0) is 13.1 Å². The molecule has 3 heterocycles. The van der Waals surface area contributed by atoms with E-state index in [-0.39, 0.29) is 17.4 Å². The van der Waals surface area contributed by atoms with Crippen molar-refractivity contribution in [1.82, 2.24) is 25.1 Å². The van der Waals surface area contributed by atoms with E-state index in [1.54, 1.807) is 0 Å². The molecule has 0 radical (unpaired) electrons. The Morgan fingerprint density at radius 1 is 0.830 bits per heavy atom. The first-order chi connectivity index (χ1) is 22.8. The van der Waals surface area contributed by atoms with E-state index in [9.17, 15) is 9.59 Å². The summed E-state index contributed by atoms with van der Waals surface area (Å²) < 4.78 is 0. The molecule has 8 nitrogen and oxygen atoms in total. The minimum atomic E-state index is -0.0620. The number of amides is 2. The third-order valence-electron chi connectivity index (χ3n) is 10.2. The summed E-state index contributed by atoms with van der Waals surface area (Å²) in [6.45, 7) is 10.9. The zero-order valence-corrected chi connectivity index (χ0v) is 27.9. The fraction of sp³-hybridized carbons (Fsp3) is 0.385. The van der Waals surface area contributed by atoms with Gasteiger partial charge in [0.05, 0.1) is 17.0 Å². The Kier molecular flexibility index (Phi) is 9.97. The average molecular weight is 631 g/mol. The molecule has 3 aromatic carbocycles. The number of hydrogen-bond donors (Lipinski definition) is 1. The minimum absolute atomic E-state index is 0.0499. The van der Waals surface area contributed by atoms with E-state index < -0.39 is 0 Å². The van der Waals surface area contributed by atoms with Crippen LogP contribution in [-0.4, -0.2) is 69.3 Å². The Balaban J connectivity index is 1.11. The number of rotatable bonds is 9. The van der Waals surface area contributed by atoms with Crippen molar-refractivity contribution in [3.05, 3.63) is 125 Å². The lowest BCUT2D eigenvalue weighted by Crippen LogP contribution is -2.58. The van der Waals surface area contributed by atoms with Gasteiger partial charge in [-0.1, -0.05) is 66.7 Å². The van der Waals surface area contributed by atoms with Gasteiger partial charge in [0, 0.05) is 62.1 Å². The molecule has 0 aliphatic carbocycles. The van der Waals surface area contributed by atoms with Crippen LogP contribution in [0.1, 0.15) is 75.8 Å². The van der Waals surface area contributed by atoms with Crippen LogP contribution in [0.5, 0.6) is 0 Å². The van der Waals surface area contributed by atoms with Crippen molar-refractivity contribution in [2.45, 2.75) is 71.1 Å². The molecule has 0 saturated carbocycles. The number of carbonyl (C=O) groups is 2. The van der Waals surface area contributed by atoms with Gasteiger partial charge in [-0.3, -0.25) is 14.5 Å². The molecule has 2 amide bonds. The maximum absolute atomic E-state index is 13.4. The average Bonchev–Trinajstić information content (AvgIpc) is 3.11. The van der Waals surface area contributed by atoms with Crippen molar-refractivity contribution in [1.29, 1.82) is 0 Å². The number of likely N-dealkylation sites (tertiary alicyclic amines) is 2. The maximum atomic E-state index is 13.4. The highest BCUT2D eigenvalue weighted by Gasteiger charge is 2.40. The van der Waals surface area contributed by atoms with Gasteiger partial charge in [-0.25, -0.2) is 9.97 Å². The second-order valence-corrected chi connectivity index (χ2v) is 13.3. The van der Waals surface area contributed by atoms with Gasteiger partial charge in [-0.05, 0) is 75.8 Å². The van der Waals surface area contributed by atoms with E-state index in [0.717, 1.165) is 81.0 Å². The predicted molar refractivity (Wildman–Crippen MR) is 186 cm³/mol. The smallest absolute Gasteiger partial charge is 0.257 e. The Morgan fingerprint density at radius 3 is 2.09 bits per heavy atom. The van der Waals surface area contributed by atoms with Gasteiger partial charge < -0.3 is 15.1 Å². The standard InChI is InChI=1S/C39H46N6O2/c1-29-36(30(2)42-28-41-29)38(47)43-23-19-39(3,20-24-43)44-21-17-34(18-22-44)45(27-32-13-8-5-9-14-32)35-16-10-15-33(25-35)37(46)40-26-31-11-6-4-7-12-31/h4-16,25,28,34H,17-24,26-27H2,1-3H3,(H,40,46). The molecule has 1 aromatic heterocycles. The van der Waals surface area contributed by atoms with Crippen molar-refractivity contribution in [3.8, 4) is 0 Å². The Hall–Kier alpha value is -4.56. The lowest BCUT2D eigenvalue weighted by Gasteiger charge is -2.50. The van der Waals surface area contributed by atoms with E-state index in [4.69, 9.17) is 0 Å². The summed E-state index contributed by atoms with van der Waals surface area (Å²) in [5, 5.41) is 3.09. The van der Waals surface area contributed by atoms with Gasteiger partial charge in [-0.2, -0.15) is 0 Å². The van der Waals surface area contributed by atoms with E-state index in [0.29, 0.717) is 23.7 Å². The number of aromatic nitrogens is 2. The fourth-order valence-electron chi connectivity index (χ4n) is 7.20. The normalized spacial score (nSPS) is 16.9. The van der Waals surface area contributed by atoms with Gasteiger partial charge in [0.15, 0.2) is 0 Å². The third kappa shape index (κ3) is 7.54. The molecule has 2 aliphatic rings. The van der Waals surface area contributed by atoms with Gasteiger partial charge in [0.25, 0.3) is 11.8 Å². The van der Waals surface area contributed by atoms with Crippen LogP contribution in [0, 0.1) is 13.8 Å². The number of piperidine rings is 2. The molecular formula is C39H46N6O2. The minimum Gasteiger partial charge on any atom is -0.364 e. The SMILES string of the molecule is Cc1ncnc(C)c1C(=O)N1CCC(C)(N2CCC(N(Cc3ccccc3)c3cccc(C(=O)NCc4ccccc4)c3)CC2)CC1. The van der Waals surface area contributed by atoms with Crippen LogP contribution < -0.4 is 10.2 Å². The lowest BCUT2D eigenvalue weighted by atomic mass is 9.85. The van der Waals surface area contributed by atoms with Crippen LogP contribution in [0.15, 0.2) is 91.3 Å². The van der Waals surface area contributed by atoms with Gasteiger partial charge in [0.1, 0.15) is 6.33 Å². The predicted octanol–water partition coefficient (Wildman–Crippen LogP) is 6.19. The summed E-state index contributed by atoms with van der Waals surface area (Å²) >= 11 is 0. The largest absolute Gasteiger partial charge is 0.364 e. The number of aryl methyl sites for hydroxylation is 2. The zero-order chi connectivity index (χ0) is 32.8. The molecule has 0 spiro atoms. The van der Waals surface area contributed by atoms with Crippen LogP contribution in [0.2, 0.25) is 0 Å². The summed E-state index contributed by atoms with van der Waals surface area (Å²) in [6.07, 6.45) is 5.50. The molecule has 2 aliphatic heterocycles. The quantitative estimate of drug-likeness (QED) is 0.238. The van der Waals surface area contributed by atoms with Crippen LogP contribution >= 0.6 is 0 Å². The zero-order valence-electron chi connectivity index (χ0n) is 27.9. The number of carbonyl (C=O) groups excluding carboxylic acids is 2. The molecule has 0 unspecified atom stereocenters. The topological polar surface area (TPSA) is 81.7 Å². The molecule has 0 bridgehead atoms. The summed E-state index contributed by atoms with van der Waals surface area (Å²) in [7, 11) is 0. The van der Waals surface area contributed by atoms with E-state index in [1.165, 1.54) is 11.9 Å². The summed E-state index contributed by atoms with van der Waals surface area (Å²) in [5.74, 6) is -0.0121. The van der Waals surface area contributed by atoms with Crippen molar-refractivity contribution >= 4 is 17.5 Å². The van der Waals surface area contributed by atoms with E-state index in [1.807, 2.05) is 67.3 Å². The lowest BCUT2D eigenvalue weighted by molar-refractivity contribution is 0.0170. The molecule has 1 N–H and O–H groups in total. The number of nitrogens with zero attached hydrogens (tertiary/aromatic N) is 5. The molecule has 6 rings (SSSR count). The highest BCUT2D eigenvalue weighted by atomic mass is 16.2. The number of anilines is 1. The van der Waals surface area contributed by atoms with E-state index in [2.05, 4.69) is 68.4 Å². The monoisotopic (exact) mass is 630 g/mol. The highest BCUT2D eigenvalue weighted by molar-refractivity contribution is 5.96. The summed E-state index contributed by atoms with van der Waals surface area (Å²) in [6, 6.07) is 29.0. The van der Waals surface area contributed by atoms with Crippen LogP contribution in [0.3, 0.4) is 0 Å². The Morgan fingerprint density at radius 2 is 1.45 bits per heavy atom. The first-order valence-corrected chi connectivity index (χ1v) is 16.9. The number of hydrogen-bond acceptors (Lipinski definition) is 6. The van der Waals surface area contributed by atoms with Crippen molar-refractivity contribution < 1.29 is 9.59 Å². The Labute approximate surface area is 278 Å². The maximum Gasteiger partial charge on any atom is 0.257 e. The molecule has 244 valence electrons.